The highest BCUT2D eigenvalue weighted by Gasteiger charge is 2.14. The van der Waals surface area contributed by atoms with E-state index in [-0.39, 0.29) is 0 Å². The standard InChI is InChI=1S/C14H13NO2S/c1-9-13(8-16)18-14(15-9)11-4-5-12-10(7-11)3-2-6-17-12/h4-5,7-8H,2-3,6H2,1H3. The number of aldehydes is 1. The average molecular weight is 259 g/mol. The Kier molecular flexibility index (Phi) is 2.88. The lowest BCUT2D eigenvalue weighted by molar-refractivity contribution is 0.112. The number of ether oxygens (including phenoxy) is 1. The van der Waals surface area contributed by atoms with Gasteiger partial charge in [0.05, 0.1) is 17.2 Å². The van der Waals surface area contributed by atoms with Gasteiger partial charge in [0.2, 0.25) is 0 Å². The Morgan fingerprint density at radius 3 is 3.11 bits per heavy atom. The molecule has 0 atom stereocenters. The van der Waals surface area contributed by atoms with Crippen molar-refractivity contribution in [1.82, 2.24) is 4.98 Å². The number of benzene rings is 1. The van der Waals surface area contributed by atoms with Crippen molar-refractivity contribution in [2.24, 2.45) is 0 Å². The van der Waals surface area contributed by atoms with Gasteiger partial charge in [0.1, 0.15) is 10.8 Å². The average Bonchev–Trinajstić information content (AvgIpc) is 2.79. The van der Waals surface area contributed by atoms with Gasteiger partial charge in [-0.25, -0.2) is 4.98 Å². The summed E-state index contributed by atoms with van der Waals surface area (Å²) < 4.78 is 5.59. The summed E-state index contributed by atoms with van der Waals surface area (Å²) in [5.41, 5.74) is 3.11. The second kappa shape index (κ2) is 4.53. The van der Waals surface area contributed by atoms with Gasteiger partial charge in [0.25, 0.3) is 0 Å². The Hall–Kier alpha value is -1.68. The molecule has 0 radical (unpaired) electrons. The number of fused-ring (bicyclic) bond motifs is 1. The monoisotopic (exact) mass is 259 g/mol. The van der Waals surface area contributed by atoms with E-state index in [1.807, 2.05) is 19.1 Å². The van der Waals surface area contributed by atoms with E-state index in [9.17, 15) is 4.79 Å². The van der Waals surface area contributed by atoms with Gasteiger partial charge in [0, 0.05) is 5.56 Å². The lowest BCUT2D eigenvalue weighted by Crippen LogP contribution is -2.07. The first kappa shape index (κ1) is 11.4. The van der Waals surface area contributed by atoms with Crippen molar-refractivity contribution in [3.8, 4) is 16.3 Å². The first-order valence-corrected chi connectivity index (χ1v) is 6.78. The highest BCUT2D eigenvalue weighted by atomic mass is 32.1. The molecule has 2 heterocycles. The minimum atomic E-state index is 0.707. The first-order chi connectivity index (χ1) is 8.78. The van der Waals surface area contributed by atoms with Gasteiger partial charge in [-0.05, 0) is 43.5 Å². The van der Waals surface area contributed by atoms with Crippen LogP contribution in [0.4, 0.5) is 0 Å². The Morgan fingerprint density at radius 1 is 1.44 bits per heavy atom. The van der Waals surface area contributed by atoms with Crippen LogP contribution in [0.15, 0.2) is 18.2 Å². The summed E-state index contributed by atoms with van der Waals surface area (Å²) in [5, 5.41) is 0.906. The molecule has 0 aliphatic carbocycles. The summed E-state index contributed by atoms with van der Waals surface area (Å²) in [6.45, 7) is 2.67. The summed E-state index contributed by atoms with van der Waals surface area (Å²) in [7, 11) is 0. The molecule has 3 rings (SSSR count). The van der Waals surface area contributed by atoms with Crippen molar-refractivity contribution in [3.63, 3.8) is 0 Å². The molecular formula is C14H13NO2S. The quantitative estimate of drug-likeness (QED) is 0.777. The van der Waals surface area contributed by atoms with Gasteiger partial charge in [-0.2, -0.15) is 0 Å². The number of thiazole rings is 1. The van der Waals surface area contributed by atoms with E-state index >= 15 is 0 Å². The fourth-order valence-electron chi connectivity index (χ4n) is 2.13. The molecule has 0 amide bonds. The van der Waals surface area contributed by atoms with Crippen molar-refractivity contribution < 1.29 is 9.53 Å². The SMILES string of the molecule is Cc1nc(-c2ccc3c(c2)CCCO3)sc1C=O. The lowest BCUT2D eigenvalue weighted by atomic mass is 10.0. The van der Waals surface area contributed by atoms with Crippen LogP contribution < -0.4 is 4.74 Å². The Balaban J connectivity index is 2.03. The van der Waals surface area contributed by atoms with Crippen LogP contribution in [0.5, 0.6) is 5.75 Å². The number of nitrogens with zero attached hydrogens (tertiary/aromatic N) is 1. The van der Waals surface area contributed by atoms with Gasteiger partial charge in [-0.1, -0.05) is 0 Å². The van der Waals surface area contributed by atoms with E-state index in [0.717, 1.165) is 47.7 Å². The second-order valence-corrected chi connectivity index (χ2v) is 5.39. The molecule has 0 saturated carbocycles. The van der Waals surface area contributed by atoms with Crippen LogP contribution >= 0.6 is 11.3 Å². The summed E-state index contributed by atoms with van der Waals surface area (Å²) in [6, 6.07) is 6.14. The zero-order chi connectivity index (χ0) is 12.5. The van der Waals surface area contributed by atoms with Crippen molar-refractivity contribution in [3.05, 3.63) is 34.3 Å². The molecule has 0 spiro atoms. The molecule has 0 saturated heterocycles. The molecule has 0 unspecified atom stereocenters. The predicted molar refractivity (Wildman–Crippen MR) is 71.5 cm³/mol. The van der Waals surface area contributed by atoms with E-state index in [0.29, 0.717) is 4.88 Å². The van der Waals surface area contributed by atoms with Crippen LogP contribution in [0.25, 0.3) is 10.6 Å². The molecule has 0 bridgehead atoms. The molecule has 1 aliphatic heterocycles. The maximum absolute atomic E-state index is 10.9. The Morgan fingerprint density at radius 2 is 2.33 bits per heavy atom. The zero-order valence-electron chi connectivity index (χ0n) is 10.1. The predicted octanol–water partition coefficient (Wildman–Crippen LogP) is 3.26. The second-order valence-electron chi connectivity index (χ2n) is 4.36. The van der Waals surface area contributed by atoms with E-state index in [1.165, 1.54) is 16.9 Å². The molecule has 92 valence electrons. The van der Waals surface area contributed by atoms with Crippen LogP contribution in [0.1, 0.15) is 27.3 Å². The fourth-order valence-corrected chi connectivity index (χ4v) is 3.01. The van der Waals surface area contributed by atoms with E-state index in [2.05, 4.69) is 11.1 Å². The number of carbonyl (C=O) groups is 1. The largest absolute Gasteiger partial charge is 0.493 e. The van der Waals surface area contributed by atoms with Gasteiger partial charge < -0.3 is 4.74 Å². The van der Waals surface area contributed by atoms with Crippen molar-refractivity contribution in [2.45, 2.75) is 19.8 Å². The Bertz CT molecular complexity index is 604. The molecule has 18 heavy (non-hydrogen) atoms. The Labute approximate surface area is 109 Å². The molecule has 1 aliphatic rings. The normalized spacial score (nSPS) is 13.8. The van der Waals surface area contributed by atoms with Crippen LogP contribution in [0, 0.1) is 6.92 Å². The van der Waals surface area contributed by atoms with Crippen molar-refractivity contribution in [1.29, 1.82) is 0 Å². The van der Waals surface area contributed by atoms with Gasteiger partial charge in [-0.15, -0.1) is 11.3 Å². The third-order valence-electron chi connectivity index (χ3n) is 3.09. The van der Waals surface area contributed by atoms with Gasteiger partial charge in [0.15, 0.2) is 6.29 Å². The number of carbonyl (C=O) groups excluding carboxylic acids is 1. The topological polar surface area (TPSA) is 39.2 Å². The van der Waals surface area contributed by atoms with Crippen LogP contribution in [-0.2, 0) is 6.42 Å². The summed E-state index contributed by atoms with van der Waals surface area (Å²) in [6.07, 6.45) is 2.99. The fraction of sp³-hybridized carbons (Fsp3) is 0.286. The number of hydrogen-bond donors (Lipinski definition) is 0. The minimum Gasteiger partial charge on any atom is -0.493 e. The molecule has 1 aromatic carbocycles. The molecule has 1 aromatic heterocycles. The number of aryl methyl sites for hydroxylation is 2. The maximum atomic E-state index is 10.9. The highest BCUT2D eigenvalue weighted by Crippen LogP contribution is 2.32. The molecule has 0 N–H and O–H groups in total. The molecule has 4 heteroatoms. The smallest absolute Gasteiger partial charge is 0.161 e. The van der Waals surface area contributed by atoms with Crippen LogP contribution in [0.3, 0.4) is 0 Å². The lowest BCUT2D eigenvalue weighted by Gasteiger charge is -2.17. The third-order valence-corrected chi connectivity index (χ3v) is 4.23. The summed E-state index contributed by atoms with van der Waals surface area (Å²) >= 11 is 1.44. The van der Waals surface area contributed by atoms with Crippen molar-refractivity contribution in [2.75, 3.05) is 6.61 Å². The molecule has 0 fully saturated rings. The van der Waals surface area contributed by atoms with Crippen LogP contribution in [0.2, 0.25) is 0 Å². The molecule has 2 aromatic rings. The molecule has 3 nitrogen and oxygen atoms in total. The maximum Gasteiger partial charge on any atom is 0.161 e. The highest BCUT2D eigenvalue weighted by molar-refractivity contribution is 7.16. The number of aromatic nitrogens is 1. The summed E-state index contributed by atoms with van der Waals surface area (Å²) in [4.78, 5) is 16.0. The van der Waals surface area contributed by atoms with Crippen LogP contribution in [-0.4, -0.2) is 17.9 Å². The number of rotatable bonds is 2. The minimum absolute atomic E-state index is 0.707. The third kappa shape index (κ3) is 1.93. The molecular weight excluding hydrogens is 246 g/mol. The number of hydrogen-bond acceptors (Lipinski definition) is 4. The first-order valence-electron chi connectivity index (χ1n) is 5.96. The zero-order valence-corrected chi connectivity index (χ0v) is 10.9. The van der Waals surface area contributed by atoms with E-state index in [1.54, 1.807) is 0 Å². The van der Waals surface area contributed by atoms with E-state index < -0.39 is 0 Å². The van der Waals surface area contributed by atoms with Crippen molar-refractivity contribution >= 4 is 17.6 Å². The van der Waals surface area contributed by atoms with Gasteiger partial charge in [-0.3, -0.25) is 4.79 Å². The summed E-state index contributed by atoms with van der Waals surface area (Å²) in [5.74, 6) is 0.980. The van der Waals surface area contributed by atoms with Gasteiger partial charge >= 0.3 is 0 Å². The van der Waals surface area contributed by atoms with E-state index in [4.69, 9.17) is 4.74 Å².